The fourth-order valence-corrected chi connectivity index (χ4v) is 2.14. The predicted molar refractivity (Wildman–Crippen MR) is 97.7 cm³/mol. The molecule has 1 radical (unpaired) electrons. The molecule has 0 aliphatic carbocycles. The second-order valence-electron chi connectivity index (χ2n) is 5.00. The fraction of sp³-hybridized carbons (Fsp3) is 0.0455. The van der Waals surface area contributed by atoms with E-state index in [1.165, 1.54) is 0 Å². The zero-order valence-corrected chi connectivity index (χ0v) is 13.6. The van der Waals surface area contributed by atoms with E-state index in [9.17, 15) is 0 Å². The van der Waals surface area contributed by atoms with E-state index in [0.717, 1.165) is 22.3 Å². The molecule has 0 amide bonds. The van der Waals surface area contributed by atoms with Crippen molar-refractivity contribution >= 4 is 0 Å². The SMILES string of the molecule is [CH2]COc1c(C#Cc2ccncc2)cccc1C#Cc1ccncc1. The summed E-state index contributed by atoms with van der Waals surface area (Å²) in [5.41, 5.74) is 3.34. The van der Waals surface area contributed by atoms with Crippen molar-refractivity contribution in [3.63, 3.8) is 0 Å². The molecule has 0 aliphatic rings. The molecule has 0 aliphatic heterocycles. The molecule has 3 heteroatoms. The van der Waals surface area contributed by atoms with E-state index in [-0.39, 0.29) is 0 Å². The van der Waals surface area contributed by atoms with Crippen LogP contribution in [0, 0.1) is 30.6 Å². The van der Waals surface area contributed by atoms with Gasteiger partial charge in [0.25, 0.3) is 0 Å². The normalized spacial score (nSPS) is 9.32. The number of ether oxygens (including phenoxy) is 1. The van der Waals surface area contributed by atoms with Crippen LogP contribution in [0.4, 0.5) is 0 Å². The van der Waals surface area contributed by atoms with Crippen molar-refractivity contribution in [2.45, 2.75) is 0 Å². The van der Waals surface area contributed by atoms with Crippen molar-refractivity contribution in [3.05, 3.63) is 96.4 Å². The molecule has 0 N–H and O–H groups in total. The zero-order valence-electron chi connectivity index (χ0n) is 13.6. The van der Waals surface area contributed by atoms with Crippen LogP contribution in [0.25, 0.3) is 0 Å². The Morgan fingerprint density at radius 1 is 0.720 bits per heavy atom. The van der Waals surface area contributed by atoms with Gasteiger partial charge >= 0.3 is 0 Å². The monoisotopic (exact) mass is 323 g/mol. The van der Waals surface area contributed by atoms with Gasteiger partial charge in [0.15, 0.2) is 5.75 Å². The molecular formula is C22H15N2O. The van der Waals surface area contributed by atoms with Crippen molar-refractivity contribution in [1.82, 2.24) is 9.97 Å². The summed E-state index contributed by atoms with van der Waals surface area (Å²) in [4.78, 5) is 7.98. The van der Waals surface area contributed by atoms with Crippen LogP contribution in [0.3, 0.4) is 0 Å². The van der Waals surface area contributed by atoms with Gasteiger partial charge in [-0.2, -0.15) is 0 Å². The van der Waals surface area contributed by atoms with Gasteiger partial charge in [0.05, 0.1) is 17.7 Å². The van der Waals surface area contributed by atoms with Crippen LogP contribution < -0.4 is 4.74 Å². The summed E-state index contributed by atoms with van der Waals surface area (Å²) in [7, 11) is 0. The molecule has 3 rings (SSSR count). The van der Waals surface area contributed by atoms with E-state index in [2.05, 4.69) is 40.6 Å². The van der Waals surface area contributed by atoms with Crippen molar-refractivity contribution in [1.29, 1.82) is 0 Å². The quantitative estimate of drug-likeness (QED) is 0.677. The van der Waals surface area contributed by atoms with Crippen molar-refractivity contribution in [2.24, 2.45) is 0 Å². The highest BCUT2D eigenvalue weighted by atomic mass is 16.5. The largest absolute Gasteiger partial charge is 0.491 e. The van der Waals surface area contributed by atoms with Gasteiger partial charge < -0.3 is 4.74 Å². The summed E-state index contributed by atoms with van der Waals surface area (Å²) in [5.74, 6) is 13.2. The van der Waals surface area contributed by atoms with Crippen LogP contribution in [0.1, 0.15) is 22.3 Å². The standard InChI is InChI=1S/C22H15N2O/c1-2-25-22-20(8-6-18-10-14-23-15-11-18)4-3-5-21(22)9-7-19-12-16-24-17-13-19/h3-5,10-17H,1-2H2. The molecule has 0 unspecified atom stereocenters. The molecule has 1 aromatic carbocycles. The average Bonchev–Trinajstić information content (AvgIpc) is 2.68. The second-order valence-corrected chi connectivity index (χ2v) is 5.00. The van der Waals surface area contributed by atoms with E-state index in [1.807, 2.05) is 42.5 Å². The third-order valence-electron chi connectivity index (χ3n) is 3.31. The highest BCUT2D eigenvalue weighted by Crippen LogP contribution is 2.23. The molecule has 0 atom stereocenters. The number of hydrogen-bond donors (Lipinski definition) is 0. The Morgan fingerprint density at radius 2 is 1.20 bits per heavy atom. The number of rotatable bonds is 2. The van der Waals surface area contributed by atoms with E-state index < -0.39 is 0 Å². The Kier molecular flexibility index (Phi) is 5.44. The third-order valence-corrected chi connectivity index (χ3v) is 3.31. The second kappa shape index (κ2) is 8.34. The maximum atomic E-state index is 5.70. The van der Waals surface area contributed by atoms with Crippen molar-refractivity contribution < 1.29 is 4.74 Å². The highest BCUT2D eigenvalue weighted by Gasteiger charge is 2.06. The number of nitrogens with zero attached hydrogens (tertiary/aromatic N) is 2. The zero-order chi connectivity index (χ0) is 17.3. The van der Waals surface area contributed by atoms with Crippen LogP contribution in [-0.2, 0) is 0 Å². The number of benzene rings is 1. The maximum Gasteiger partial charge on any atom is 0.150 e. The number of para-hydroxylation sites is 1. The van der Waals surface area contributed by atoms with Crippen LogP contribution in [0.5, 0.6) is 5.75 Å². The van der Waals surface area contributed by atoms with E-state index in [1.54, 1.807) is 24.8 Å². The van der Waals surface area contributed by atoms with Crippen molar-refractivity contribution in [3.8, 4) is 29.4 Å². The molecule has 2 heterocycles. The van der Waals surface area contributed by atoms with Gasteiger partial charge in [-0.05, 0) is 43.3 Å². The Bertz CT molecular complexity index is 883. The predicted octanol–water partition coefficient (Wildman–Crippen LogP) is 3.49. The molecule has 3 aromatic rings. The first kappa shape index (κ1) is 16.3. The van der Waals surface area contributed by atoms with Crippen LogP contribution in [0.15, 0.2) is 67.3 Å². The molecule has 2 aromatic heterocycles. The van der Waals surface area contributed by atoms with Gasteiger partial charge in [0.2, 0.25) is 0 Å². The lowest BCUT2D eigenvalue weighted by Crippen LogP contribution is -1.97. The molecule has 0 fully saturated rings. The highest BCUT2D eigenvalue weighted by molar-refractivity contribution is 5.59. The molecule has 0 spiro atoms. The summed E-state index contributed by atoms with van der Waals surface area (Å²) in [6.45, 7) is 4.07. The van der Waals surface area contributed by atoms with E-state index in [4.69, 9.17) is 4.74 Å². The Balaban J connectivity index is 1.98. The lowest BCUT2D eigenvalue weighted by Gasteiger charge is -2.08. The minimum Gasteiger partial charge on any atom is -0.491 e. The molecule has 3 nitrogen and oxygen atoms in total. The molecule has 0 bridgehead atoms. The molecule has 119 valence electrons. The summed E-state index contributed by atoms with van der Waals surface area (Å²) >= 11 is 0. The summed E-state index contributed by atoms with van der Waals surface area (Å²) in [5, 5.41) is 0. The van der Waals surface area contributed by atoms with Crippen LogP contribution >= 0.6 is 0 Å². The Labute approximate surface area is 147 Å². The summed E-state index contributed by atoms with van der Waals surface area (Å²) in [6, 6.07) is 13.2. The minimum atomic E-state index is 0.303. The molecule has 0 saturated heterocycles. The van der Waals surface area contributed by atoms with Crippen LogP contribution in [0.2, 0.25) is 0 Å². The first-order valence-electron chi connectivity index (χ1n) is 7.76. The number of hydrogen-bond acceptors (Lipinski definition) is 3. The maximum absolute atomic E-state index is 5.70. The average molecular weight is 323 g/mol. The first-order valence-corrected chi connectivity index (χ1v) is 7.76. The number of aromatic nitrogens is 2. The van der Waals surface area contributed by atoms with Gasteiger partial charge in [0, 0.05) is 35.9 Å². The summed E-state index contributed by atoms with van der Waals surface area (Å²) < 4.78 is 5.70. The number of pyridine rings is 2. The van der Waals surface area contributed by atoms with Gasteiger partial charge in [-0.25, -0.2) is 0 Å². The van der Waals surface area contributed by atoms with E-state index >= 15 is 0 Å². The lowest BCUT2D eigenvalue weighted by atomic mass is 10.1. The summed E-state index contributed by atoms with van der Waals surface area (Å²) in [6.07, 6.45) is 6.87. The first-order chi connectivity index (χ1) is 12.4. The van der Waals surface area contributed by atoms with Gasteiger partial charge in [-0.15, -0.1) is 0 Å². The molecule has 25 heavy (non-hydrogen) atoms. The van der Waals surface area contributed by atoms with Gasteiger partial charge in [0.1, 0.15) is 0 Å². The lowest BCUT2D eigenvalue weighted by molar-refractivity contribution is 0.359. The van der Waals surface area contributed by atoms with Crippen LogP contribution in [-0.4, -0.2) is 16.6 Å². The third kappa shape index (κ3) is 4.47. The van der Waals surface area contributed by atoms with Crippen molar-refractivity contribution in [2.75, 3.05) is 6.61 Å². The van der Waals surface area contributed by atoms with Gasteiger partial charge in [-0.3, -0.25) is 9.97 Å². The molecular weight excluding hydrogens is 308 g/mol. The topological polar surface area (TPSA) is 35.0 Å². The minimum absolute atomic E-state index is 0.303. The Hall–Kier alpha value is -3.56. The molecule has 0 saturated carbocycles. The van der Waals surface area contributed by atoms with E-state index in [0.29, 0.717) is 12.4 Å². The van der Waals surface area contributed by atoms with Gasteiger partial charge in [-0.1, -0.05) is 29.7 Å². The Morgan fingerprint density at radius 3 is 1.64 bits per heavy atom. The fourth-order valence-electron chi connectivity index (χ4n) is 2.14. The smallest absolute Gasteiger partial charge is 0.150 e.